The van der Waals surface area contributed by atoms with Crippen LogP contribution in [-0.4, -0.2) is 19.6 Å². The van der Waals surface area contributed by atoms with E-state index < -0.39 is 0 Å². The molecular formula is C20H26N2O2. The number of aryl methyl sites for hydroxylation is 3. The van der Waals surface area contributed by atoms with Gasteiger partial charge in [-0.1, -0.05) is 31.2 Å². The number of hydrogen-bond acceptors (Lipinski definition) is 3. The van der Waals surface area contributed by atoms with Crippen molar-refractivity contribution in [3.05, 3.63) is 53.1 Å². The summed E-state index contributed by atoms with van der Waals surface area (Å²) in [6, 6.07) is 12.0. The number of benzene rings is 2. The minimum absolute atomic E-state index is 0.0121. The van der Waals surface area contributed by atoms with Gasteiger partial charge in [0.1, 0.15) is 5.75 Å². The van der Waals surface area contributed by atoms with Crippen LogP contribution in [-0.2, 0) is 11.2 Å². The molecule has 0 radical (unpaired) electrons. The molecular weight excluding hydrogens is 300 g/mol. The normalized spacial score (nSPS) is 10.3. The number of ether oxygens (including phenoxy) is 1. The van der Waals surface area contributed by atoms with Gasteiger partial charge in [0.25, 0.3) is 0 Å². The van der Waals surface area contributed by atoms with E-state index >= 15 is 0 Å². The zero-order valence-electron chi connectivity index (χ0n) is 14.9. The van der Waals surface area contributed by atoms with Crippen LogP contribution < -0.4 is 15.4 Å². The van der Waals surface area contributed by atoms with Crippen LogP contribution in [0, 0.1) is 13.8 Å². The summed E-state index contributed by atoms with van der Waals surface area (Å²) in [5.41, 5.74) is 5.26. The Hall–Kier alpha value is -2.49. The average molecular weight is 326 g/mol. The van der Waals surface area contributed by atoms with Gasteiger partial charge in [0.05, 0.1) is 12.8 Å². The molecule has 0 bridgehead atoms. The Kier molecular flexibility index (Phi) is 6.24. The fraction of sp³-hybridized carbons (Fsp3) is 0.350. The first kappa shape index (κ1) is 17.9. The van der Waals surface area contributed by atoms with Crippen molar-refractivity contribution >= 4 is 17.3 Å². The number of para-hydroxylation sites is 1. The molecule has 2 aromatic rings. The summed E-state index contributed by atoms with van der Waals surface area (Å²) in [4.78, 5) is 12.3. The predicted octanol–water partition coefficient (Wildman–Crippen LogP) is 4.32. The fourth-order valence-electron chi connectivity index (χ4n) is 2.67. The summed E-state index contributed by atoms with van der Waals surface area (Å²) in [5, 5.41) is 6.32. The van der Waals surface area contributed by atoms with Gasteiger partial charge in [0, 0.05) is 18.7 Å². The molecule has 0 heterocycles. The Labute approximate surface area is 144 Å². The maximum Gasteiger partial charge on any atom is 0.226 e. The van der Waals surface area contributed by atoms with Crippen molar-refractivity contribution in [1.29, 1.82) is 0 Å². The maximum absolute atomic E-state index is 12.3. The summed E-state index contributed by atoms with van der Waals surface area (Å²) in [5.74, 6) is 0.798. The third-order valence-corrected chi connectivity index (χ3v) is 4.03. The van der Waals surface area contributed by atoms with E-state index in [4.69, 9.17) is 4.74 Å². The highest BCUT2D eigenvalue weighted by Gasteiger charge is 2.09. The lowest BCUT2D eigenvalue weighted by Gasteiger charge is -2.14. The molecule has 0 atom stereocenters. The second-order valence-corrected chi connectivity index (χ2v) is 5.89. The van der Waals surface area contributed by atoms with E-state index in [9.17, 15) is 4.79 Å². The number of methoxy groups -OCH3 is 1. The Morgan fingerprint density at radius 3 is 2.67 bits per heavy atom. The lowest BCUT2D eigenvalue weighted by atomic mass is 10.1. The summed E-state index contributed by atoms with van der Waals surface area (Å²) >= 11 is 0. The van der Waals surface area contributed by atoms with Gasteiger partial charge in [0.2, 0.25) is 5.91 Å². The van der Waals surface area contributed by atoms with Crippen molar-refractivity contribution in [1.82, 2.24) is 0 Å². The minimum atomic E-state index is 0.0121. The monoisotopic (exact) mass is 326 g/mol. The molecule has 0 spiro atoms. The van der Waals surface area contributed by atoms with Crippen molar-refractivity contribution in [3.8, 4) is 5.75 Å². The molecule has 2 aromatic carbocycles. The Morgan fingerprint density at radius 1 is 1.17 bits per heavy atom. The highest BCUT2D eigenvalue weighted by atomic mass is 16.5. The number of rotatable bonds is 7. The summed E-state index contributed by atoms with van der Waals surface area (Å²) in [6.45, 7) is 6.70. The predicted molar refractivity (Wildman–Crippen MR) is 100 cm³/mol. The number of nitrogens with one attached hydrogen (secondary N) is 2. The van der Waals surface area contributed by atoms with Gasteiger partial charge in [-0.05, 0) is 49.1 Å². The average Bonchev–Trinajstić information content (AvgIpc) is 2.57. The zero-order valence-corrected chi connectivity index (χ0v) is 14.9. The van der Waals surface area contributed by atoms with Gasteiger partial charge in [-0.3, -0.25) is 4.79 Å². The van der Waals surface area contributed by atoms with Crippen LogP contribution in [0.3, 0.4) is 0 Å². The van der Waals surface area contributed by atoms with Gasteiger partial charge in [-0.25, -0.2) is 0 Å². The molecule has 0 unspecified atom stereocenters. The van der Waals surface area contributed by atoms with Crippen molar-refractivity contribution in [2.75, 3.05) is 24.3 Å². The van der Waals surface area contributed by atoms with E-state index in [-0.39, 0.29) is 5.91 Å². The van der Waals surface area contributed by atoms with E-state index in [2.05, 4.69) is 23.6 Å². The van der Waals surface area contributed by atoms with E-state index in [0.717, 1.165) is 40.2 Å². The van der Waals surface area contributed by atoms with E-state index in [1.165, 1.54) is 0 Å². The third-order valence-electron chi connectivity index (χ3n) is 4.03. The number of carbonyl (C=O) groups is 1. The van der Waals surface area contributed by atoms with E-state index in [1.54, 1.807) is 7.11 Å². The molecule has 0 saturated carbocycles. The van der Waals surface area contributed by atoms with Crippen LogP contribution in [0.15, 0.2) is 36.4 Å². The first-order chi connectivity index (χ1) is 11.5. The number of carbonyl (C=O) groups excluding carboxylic acids is 1. The van der Waals surface area contributed by atoms with Gasteiger partial charge >= 0.3 is 0 Å². The van der Waals surface area contributed by atoms with Crippen LogP contribution in [0.5, 0.6) is 5.75 Å². The molecule has 0 aromatic heterocycles. The molecule has 128 valence electrons. The summed E-state index contributed by atoms with van der Waals surface area (Å²) in [6.07, 6.45) is 1.30. The number of hydrogen-bond donors (Lipinski definition) is 2. The number of anilines is 2. The van der Waals surface area contributed by atoms with Gasteiger partial charge < -0.3 is 15.4 Å². The summed E-state index contributed by atoms with van der Waals surface area (Å²) < 4.78 is 5.34. The molecule has 0 aliphatic heterocycles. The molecule has 0 saturated heterocycles. The largest absolute Gasteiger partial charge is 0.495 e. The highest BCUT2D eigenvalue weighted by molar-refractivity contribution is 5.92. The van der Waals surface area contributed by atoms with Crippen LogP contribution in [0.25, 0.3) is 0 Å². The topological polar surface area (TPSA) is 50.4 Å². The molecule has 2 N–H and O–H groups in total. The Morgan fingerprint density at radius 2 is 1.96 bits per heavy atom. The van der Waals surface area contributed by atoms with Crippen molar-refractivity contribution in [3.63, 3.8) is 0 Å². The molecule has 4 nitrogen and oxygen atoms in total. The minimum Gasteiger partial charge on any atom is -0.495 e. The van der Waals surface area contributed by atoms with Gasteiger partial charge in [-0.15, -0.1) is 0 Å². The van der Waals surface area contributed by atoms with E-state index in [0.29, 0.717) is 13.0 Å². The Bertz CT molecular complexity index is 711. The first-order valence-electron chi connectivity index (χ1n) is 8.32. The van der Waals surface area contributed by atoms with Crippen LogP contribution in [0.4, 0.5) is 11.4 Å². The van der Waals surface area contributed by atoms with Gasteiger partial charge in [0.15, 0.2) is 0 Å². The lowest BCUT2D eigenvalue weighted by molar-refractivity contribution is -0.115. The summed E-state index contributed by atoms with van der Waals surface area (Å²) in [7, 11) is 1.65. The second kappa shape index (κ2) is 8.39. The third kappa shape index (κ3) is 4.51. The Balaban J connectivity index is 1.94. The molecule has 1 amide bonds. The molecule has 2 rings (SSSR count). The highest BCUT2D eigenvalue weighted by Crippen LogP contribution is 2.25. The molecule has 4 heteroatoms. The van der Waals surface area contributed by atoms with E-state index in [1.807, 2.05) is 44.2 Å². The van der Waals surface area contributed by atoms with Crippen LogP contribution in [0.1, 0.15) is 30.0 Å². The number of amides is 1. The van der Waals surface area contributed by atoms with Gasteiger partial charge in [-0.2, -0.15) is 0 Å². The molecule has 0 aliphatic rings. The quantitative estimate of drug-likeness (QED) is 0.797. The first-order valence-corrected chi connectivity index (χ1v) is 8.32. The maximum atomic E-state index is 12.3. The van der Waals surface area contributed by atoms with Crippen molar-refractivity contribution in [2.24, 2.45) is 0 Å². The molecule has 0 fully saturated rings. The fourth-order valence-corrected chi connectivity index (χ4v) is 2.67. The zero-order chi connectivity index (χ0) is 17.5. The lowest BCUT2D eigenvalue weighted by Crippen LogP contribution is -2.18. The molecule has 0 aliphatic carbocycles. The van der Waals surface area contributed by atoms with Crippen molar-refractivity contribution in [2.45, 2.75) is 33.6 Å². The smallest absolute Gasteiger partial charge is 0.226 e. The van der Waals surface area contributed by atoms with Crippen molar-refractivity contribution < 1.29 is 9.53 Å². The molecule has 24 heavy (non-hydrogen) atoms. The standard InChI is InChI=1S/C20H26N2O2/c1-5-16-8-6-7-15(3)20(16)22-19(23)11-12-21-17-13-14(2)9-10-18(17)24-4/h6-10,13,21H,5,11-12H2,1-4H3,(H,22,23). The second-order valence-electron chi connectivity index (χ2n) is 5.89. The SMILES string of the molecule is CCc1cccc(C)c1NC(=O)CCNc1cc(C)ccc1OC. The van der Waals surface area contributed by atoms with Crippen LogP contribution >= 0.6 is 0 Å². The van der Waals surface area contributed by atoms with Crippen LogP contribution in [0.2, 0.25) is 0 Å².